The molecule has 4 nitrogen and oxygen atoms in total. The van der Waals surface area contributed by atoms with Crippen molar-refractivity contribution in [2.45, 2.75) is 6.92 Å². The fraction of sp³-hybridized carbons (Fsp3) is 0.0435. The van der Waals surface area contributed by atoms with Crippen molar-refractivity contribution in [3.05, 3.63) is 83.4 Å². The highest BCUT2D eigenvalue weighted by atomic mass is 35.5. The van der Waals surface area contributed by atoms with Crippen molar-refractivity contribution in [1.29, 1.82) is 0 Å². The monoisotopic (exact) mass is 385 g/mol. The Hall–Kier alpha value is -3.37. The van der Waals surface area contributed by atoms with Gasteiger partial charge in [-0.2, -0.15) is 0 Å². The van der Waals surface area contributed by atoms with Crippen molar-refractivity contribution in [2.24, 2.45) is 0 Å². The molecule has 5 rings (SSSR count). The Bertz CT molecular complexity index is 1350. The van der Waals surface area contributed by atoms with Gasteiger partial charge in [-0.3, -0.25) is 0 Å². The number of benzene rings is 4. The number of phenolic OH excluding ortho intramolecular Hbond substituents is 1. The Kier molecular flexibility index (Phi) is 3.81. The number of nitrogens with zero attached hydrogens (tertiary/aromatic N) is 3. The molecule has 0 fully saturated rings. The van der Waals surface area contributed by atoms with Gasteiger partial charge in [-0.15, -0.1) is 15.0 Å². The first-order chi connectivity index (χ1) is 13.6. The van der Waals surface area contributed by atoms with Gasteiger partial charge in [0.1, 0.15) is 16.7 Å². The zero-order valence-corrected chi connectivity index (χ0v) is 15.9. The van der Waals surface area contributed by atoms with Crippen molar-refractivity contribution in [3.63, 3.8) is 0 Å². The lowest BCUT2D eigenvalue weighted by Gasteiger charge is -2.13. The summed E-state index contributed by atoms with van der Waals surface area (Å²) in [6.07, 6.45) is 0. The van der Waals surface area contributed by atoms with E-state index in [1.807, 2.05) is 49.4 Å². The molecule has 0 aliphatic carbocycles. The molecule has 5 aromatic rings. The van der Waals surface area contributed by atoms with E-state index in [2.05, 4.69) is 28.4 Å². The Morgan fingerprint density at radius 1 is 0.821 bits per heavy atom. The van der Waals surface area contributed by atoms with Gasteiger partial charge in [0, 0.05) is 10.6 Å². The van der Waals surface area contributed by atoms with Gasteiger partial charge in [0.05, 0.1) is 0 Å². The molecule has 136 valence electrons. The van der Waals surface area contributed by atoms with Crippen LogP contribution in [0.1, 0.15) is 5.56 Å². The van der Waals surface area contributed by atoms with Crippen LogP contribution in [0.5, 0.6) is 5.75 Å². The molecule has 1 N–H and O–H groups in total. The van der Waals surface area contributed by atoms with Crippen LogP contribution >= 0.6 is 11.6 Å². The fourth-order valence-corrected chi connectivity index (χ4v) is 3.74. The SMILES string of the molecule is Cc1cc(-c2cccc3ccccc23)c(O)c(-n2nc3ccc(Cl)cc3n2)c1. The van der Waals surface area contributed by atoms with Crippen molar-refractivity contribution in [1.82, 2.24) is 15.0 Å². The lowest BCUT2D eigenvalue weighted by atomic mass is 9.96. The van der Waals surface area contributed by atoms with Crippen LogP contribution in [-0.4, -0.2) is 20.1 Å². The second-order valence-electron chi connectivity index (χ2n) is 6.83. The topological polar surface area (TPSA) is 50.9 Å². The molecule has 1 heterocycles. The number of hydrogen-bond acceptors (Lipinski definition) is 3. The van der Waals surface area contributed by atoms with E-state index in [4.69, 9.17) is 11.6 Å². The number of aryl methyl sites for hydroxylation is 1. The van der Waals surface area contributed by atoms with Gasteiger partial charge in [0.25, 0.3) is 0 Å². The summed E-state index contributed by atoms with van der Waals surface area (Å²) in [4.78, 5) is 1.47. The van der Waals surface area contributed by atoms with Crippen LogP contribution in [0.15, 0.2) is 72.8 Å². The summed E-state index contributed by atoms with van der Waals surface area (Å²) in [6.45, 7) is 2.00. The van der Waals surface area contributed by atoms with E-state index >= 15 is 0 Å². The molecule has 28 heavy (non-hydrogen) atoms. The molecule has 4 aromatic carbocycles. The highest BCUT2D eigenvalue weighted by Gasteiger charge is 2.16. The van der Waals surface area contributed by atoms with Gasteiger partial charge in [-0.05, 0) is 59.2 Å². The molecule has 0 aliphatic heterocycles. The first-order valence-corrected chi connectivity index (χ1v) is 9.33. The minimum Gasteiger partial charge on any atom is -0.505 e. The first kappa shape index (κ1) is 16.8. The third kappa shape index (κ3) is 2.70. The molecule has 5 heteroatoms. The largest absolute Gasteiger partial charge is 0.505 e. The second-order valence-corrected chi connectivity index (χ2v) is 7.27. The number of phenols is 1. The number of aromatic hydroxyl groups is 1. The molecule has 1 aromatic heterocycles. The van der Waals surface area contributed by atoms with E-state index in [1.54, 1.807) is 12.1 Å². The Labute approximate surface area is 166 Å². The maximum absolute atomic E-state index is 11.1. The lowest BCUT2D eigenvalue weighted by Crippen LogP contribution is -2.01. The van der Waals surface area contributed by atoms with E-state index in [0.717, 1.165) is 33.0 Å². The third-order valence-corrected chi connectivity index (χ3v) is 5.11. The molecule has 0 saturated heterocycles. The molecule has 0 unspecified atom stereocenters. The smallest absolute Gasteiger partial charge is 0.150 e. The zero-order valence-electron chi connectivity index (χ0n) is 15.1. The lowest BCUT2D eigenvalue weighted by molar-refractivity contribution is 0.469. The van der Waals surface area contributed by atoms with Crippen molar-refractivity contribution in [3.8, 4) is 22.6 Å². The minimum atomic E-state index is 0.147. The van der Waals surface area contributed by atoms with Crippen molar-refractivity contribution in [2.75, 3.05) is 0 Å². The number of aromatic nitrogens is 3. The molecule has 0 spiro atoms. The van der Waals surface area contributed by atoms with Gasteiger partial charge in [-0.25, -0.2) is 0 Å². The summed E-state index contributed by atoms with van der Waals surface area (Å²) in [5.74, 6) is 0.147. The number of hydrogen-bond donors (Lipinski definition) is 1. The summed E-state index contributed by atoms with van der Waals surface area (Å²) in [5, 5.41) is 23.0. The Morgan fingerprint density at radius 3 is 2.50 bits per heavy atom. The van der Waals surface area contributed by atoms with Crippen LogP contribution in [0.4, 0.5) is 0 Å². The van der Waals surface area contributed by atoms with E-state index in [0.29, 0.717) is 16.2 Å². The van der Waals surface area contributed by atoms with E-state index in [9.17, 15) is 5.11 Å². The van der Waals surface area contributed by atoms with E-state index < -0.39 is 0 Å². The van der Waals surface area contributed by atoms with Gasteiger partial charge in [0.2, 0.25) is 0 Å². The summed E-state index contributed by atoms with van der Waals surface area (Å²) in [5.41, 5.74) is 4.68. The molecular weight excluding hydrogens is 370 g/mol. The summed E-state index contributed by atoms with van der Waals surface area (Å²) in [6, 6.07) is 23.5. The number of halogens is 1. The van der Waals surface area contributed by atoms with Crippen LogP contribution in [0, 0.1) is 6.92 Å². The predicted molar refractivity (Wildman–Crippen MR) is 113 cm³/mol. The standard InChI is InChI=1S/C23H16ClN3O/c1-14-11-19(18-8-4-6-15-5-2-3-7-17(15)18)23(28)22(12-14)27-25-20-10-9-16(24)13-21(20)26-27/h2-13,28H,1H3. The van der Waals surface area contributed by atoms with Crippen LogP contribution < -0.4 is 0 Å². The van der Waals surface area contributed by atoms with Crippen LogP contribution in [0.25, 0.3) is 38.6 Å². The van der Waals surface area contributed by atoms with Gasteiger partial charge in [0.15, 0.2) is 5.75 Å². The summed E-state index contributed by atoms with van der Waals surface area (Å²) >= 11 is 6.06. The zero-order chi connectivity index (χ0) is 19.3. The van der Waals surface area contributed by atoms with Crippen LogP contribution in [-0.2, 0) is 0 Å². The predicted octanol–water partition coefficient (Wildman–Crippen LogP) is 5.91. The van der Waals surface area contributed by atoms with E-state index in [1.165, 1.54) is 4.80 Å². The average molecular weight is 386 g/mol. The first-order valence-electron chi connectivity index (χ1n) is 8.95. The molecule has 0 amide bonds. The van der Waals surface area contributed by atoms with Gasteiger partial charge < -0.3 is 5.11 Å². The molecule has 0 atom stereocenters. The van der Waals surface area contributed by atoms with Gasteiger partial charge in [-0.1, -0.05) is 54.1 Å². The average Bonchev–Trinajstić information content (AvgIpc) is 3.12. The van der Waals surface area contributed by atoms with Crippen molar-refractivity contribution < 1.29 is 5.11 Å². The normalized spacial score (nSPS) is 11.4. The van der Waals surface area contributed by atoms with E-state index in [-0.39, 0.29) is 5.75 Å². The Balaban J connectivity index is 1.76. The third-order valence-electron chi connectivity index (χ3n) is 4.87. The number of fused-ring (bicyclic) bond motifs is 2. The molecule has 0 saturated carbocycles. The number of rotatable bonds is 2. The molecular formula is C23H16ClN3O. The summed E-state index contributed by atoms with van der Waals surface area (Å²) < 4.78 is 0. The van der Waals surface area contributed by atoms with Gasteiger partial charge >= 0.3 is 0 Å². The molecule has 0 radical (unpaired) electrons. The van der Waals surface area contributed by atoms with Crippen molar-refractivity contribution >= 4 is 33.4 Å². The minimum absolute atomic E-state index is 0.147. The summed E-state index contributed by atoms with van der Waals surface area (Å²) in [7, 11) is 0. The maximum Gasteiger partial charge on any atom is 0.150 e. The molecule has 0 bridgehead atoms. The highest BCUT2D eigenvalue weighted by molar-refractivity contribution is 6.31. The quantitative estimate of drug-likeness (QED) is 0.411. The maximum atomic E-state index is 11.1. The second kappa shape index (κ2) is 6.36. The molecule has 0 aliphatic rings. The highest BCUT2D eigenvalue weighted by Crippen LogP contribution is 2.38. The fourth-order valence-electron chi connectivity index (χ4n) is 3.57. The Morgan fingerprint density at radius 2 is 1.61 bits per heavy atom. The van der Waals surface area contributed by atoms with Crippen LogP contribution in [0.2, 0.25) is 5.02 Å². The van der Waals surface area contributed by atoms with Crippen LogP contribution in [0.3, 0.4) is 0 Å².